The fourth-order valence-electron chi connectivity index (χ4n) is 1.87. The van der Waals surface area contributed by atoms with Crippen LogP contribution in [0.3, 0.4) is 0 Å². The largest absolute Gasteiger partial charge is 0.478 e. The van der Waals surface area contributed by atoms with Gasteiger partial charge in [-0.2, -0.15) is 0 Å². The van der Waals surface area contributed by atoms with E-state index in [0.29, 0.717) is 30.0 Å². The Bertz CT molecular complexity index is 456. The molecule has 112 valence electrons. The number of aromatic carboxylic acids is 1. The molecule has 6 nitrogen and oxygen atoms in total. The van der Waals surface area contributed by atoms with Gasteiger partial charge in [-0.15, -0.1) is 0 Å². The highest BCUT2D eigenvalue weighted by Gasteiger charge is 2.22. The Morgan fingerprint density at radius 3 is 2.75 bits per heavy atom. The number of nitrogens with zero attached hydrogens (tertiary/aromatic N) is 2. The summed E-state index contributed by atoms with van der Waals surface area (Å²) in [7, 11) is 3.21. The van der Waals surface area contributed by atoms with Gasteiger partial charge in [0, 0.05) is 31.4 Å². The molecule has 1 unspecified atom stereocenters. The van der Waals surface area contributed by atoms with Crippen LogP contribution in [-0.2, 0) is 9.47 Å². The van der Waals surface area contributed by atoms with Gasteiger partial charge in [-0.25, -0.2) is 9.78 Å². The van der Waals surface area contributed by atoms with Crippen molar-refractivity contribution in [2.24, 2.45) is 0 Å². The number of hydrogen-bond acceptors (Lipinski definition) is 5. The van der Waals surface area contributed by atoms with Gasteiger partial charge < -0.3 is 19.5 Å². The maximum absolute atomic E-state index is 11.4. The monoisotopic (exact) mass is 346 g/mol. The second kappa shape index (κ2) is 8.18. The van der Waals surface area contributed by atoms with Crippen molar-refractivity contribution in [1.82, 2.24) is 4.98 Å². The Balaban J connectivity index is 3.14. The fraction of sp³-hybridized carbons (Fsp3) is 0.538. The van der Waals surface area contributed by atoms with E-state index in [4.69, 9.17) is 9.47 Å². The maximum Gasteiger partial charge on any atom is 0.339 e. The fourth-order valence-corrected chi connectivity index (χ4v) is 2.21. The minimum absolute atomic E-state index is 0.0121. The standard InChI is InChI=1S/C13H19BrN2O4/c1-9(8-20-3)16(4-5-19-2)12-11(13(17)18)6-10(14)7-15-12/h6-7,9H,4-5,8H2,1-3H3,(H,17,18). The summed E-state index contributed by atoms with van der Waals surface area (Å²) in [4.78, 5) is 17.5. The molecule has 0 fully saturated rings. The Kier molecular flexibility index (Phi) is 6.90. The van der Waals surface area contributed by atoms with Crippen LogP contribution in [-0.4, -0.2) is 56.1 Å². The van der Waals surface area contributed by atoms with Gasteiger partial charge >= 0.3 is 5.97 Å². The second-order valence-corrected chi connectivity index (χ2v) is 5.24. The third kappa shape index (κ3) is 4.43. The summed E-state index contributed by atoms with van der Waals surface area (Å²) in [5.74, 6) is -0.594. The van der Waals surface area contributed by atoms with E-state index in [2.05, 4.69) is 20.9 Å². The predicted octanol–water partition coefficient (Wildman–Crippen LogP) is 2.03. The number of methoxy groups -OCH3 is 2. The maximum atomic E-state index is 11.4. The smallest absolute Gasteiger partial charge is 0.339 e. The normalized spacial score (nSPS) is 12.2. The number of halogens is 1. The van der Waals surface area contributed by atoms with Gasteiger partial charge in [0.25, 0.3) is 0 Å². The van der Waals surface area contributed by atoms with E-state index in [-0.39, 0.29) is 11.6 Å². The number of hydrogen-bond donors (Lipinski definition) is 1. The number of rotatable bonds is 8. The Morgan fingerprint density at radius 1 is 1.50 bits per heavy atom. The molecule has 0 saturated carbocycles. The summed E-state index contributed by atoms with van der Waals surface area (Å²) in [5.41, 5.74) is 0.151. The number of anilines is 1. The zero-order valence-corrected chi connectivity index (χ0v) is 13.4. The van der Waals surface area contributed by atoms with Crippen molar-refractivity contribution in [1.29, 1.82) is 0 Å². The Morgan fingerprint density at radius 2 is 2.20 bits per heavy atom. The third-order valence-electron chi connectivity index (χ3n) is 2.81. The van der Waals surface area contributed by atoms with Gasteiger partial charge in [0.2, 0.25) is 0 Å². The molecule has 1 atom stereocenters. The zero-order valence-electron chi connectivity index (χ0n) is 11.8. The van der Waals surface area contributed by atoms with Crippen LogP contribution in [0.25, 0.3) is 0 Å². The number of carbonyl (C=O) groups is 1. The van der Waals surface area contributed by atoms with E-state index in [1.807, 2.05) is 11.8 Å². The topological polar surface area (TPSA) is 71.9 Å². The van der Waals surface area contributed by atoms with E-state index in [0.717, 1.165) is 0 Å². The van der Waals surface area contributed by atoms with Crippen LogP contribution < -0.4 is 4.90 Å². The average molecular weight is 347 g/mol. The molecule has 20 heavy (non-hydrogen) atoms. The minimum atomic E-state index is -1.01. The summed E-state index contributed by atoms with van der Waals surface area (Å²) < 4.78 is 10.9. The Labute approximate surface area is 126 Å². The van der Waals surface area contributed by atoms with Gasteiger partial charge in [-0.1, -0.05) is 0 Å². The molecule has 0 amide bonds. The van der Waals surface area contributed by atoms with Crippen molar-refractivity contribution in [2.45, 2.75) is 13.0 Å². The lowest BCUT2D eigenvalue weighted by molar-refractivity contribution is 0.0696. The van der Waals surface area contributed by atoms with E-state index in [1.54, 1.807) is 26.5 Å². The molecule has 0 aromatic carbocycles. The number of carboxylic acids is 1. The minimum Gasteiger partial charge on any atom is -0.478 e. The highest BCUT2D eigenvalue weighted by molar-refractivity contribution is 9.10. The van der Waals surface area contributed by atoms with E-state index < -0.39 is 5.97 Å². The molecule has 0 aliphatic carbocycles. The van der Waals surface area contributed by atoms with E-state index in [1.165, 1.54) is 0 Å². The summed E-state index contributed by atoms with van der Waals surface area (Å²) in [6.45, 7) is 3.44. The first-order chi connectivity index (χ1) is 9.51. The SMILES string of the molecule is COCCN(c1ncc(Br)cc1C(=O)O)C(C)COC. The summed E-state index contributed by atoms with van der Waals surface area (Å²) in [5, 5.41) is 9.33. The molecular formula is C13H19BrN2O4. The molecule has 0 aliphatic rings. The highest BCUT2D eigenvalue weighted by atomic mass is 79.9. The van der Waals surface area contributed by atoms with Crippen LogP contribution in [0.2, 0.25) is 0 Å². The van der Waals surface area contributed by atoms with Gasteiger partial charge in [-0.3, -0.25) is 0 Å². The lowest BCUT2D eigenvalue weighted by Crippen LogP contribution is -2.40. The summed E-state index contributed by atoms with van der Waals surface area (Å²) in [6, 6.07) is 1.53. The molecule has 1 aromatic heterocycles. The van der Waals surface area contributed by atoms with Crippen LogP contribution in [0, 0.1) is 0 Å². The molecule has 0 saturated heterocycles. The lowest BCUT2D eigenvalue weighted by Gasteiger charge is -2.30. The molecule has 0 aliphatic heterocycles. The van der Waals surface area contributed by atoms with Gasteiger partial charge in [0.05, 0.1) is 19.3 Å². The molecule has 1 aromatic rings. The van der Waals surface area contributed by atoms with Crippen LogP contribution >= 0.6 is 15.9 Å². The van der Waals surface area contributed by atoms with Crippen molar-refractivity contribution >= 4 is 27.7 Å². The van der Waals surface area contributed by atoms with Crippen LogP contribution in [0.15, 0.2) is 16.7 Å². The number of ether oxygens (including phenoxy) is 2. The first-order valence-corrected chi connectivity index (χ1v) is 6.94. The highest BCUT2D eigenvalue weighted by Crippen LogP contribution is 2.23. The number of carboxylic acid groups (broad SMARTS) is 1. The van der Waals surface area contributed by atoms with Gasteiger partial charge in [0.1, 0.15) is 11.4 Å². The summed E-state index contributed by atoms with van der Waals surface area (Å²) >= 11 is 3.24. The van der Waals surface area contributed by atoms with Crippen molar-refractivity contribution in [2.75, 3.05) is 38.9 Å². The number of pyridine rings is 1. The molecule has 1 N–H and O–H groups in total. The molecular weight excluding hydrogens is 328 g/mol. The van der Waals surface area contributed by atoms with Crippen molar-refractivity contribution in [3.63, 3.8) is 0 Å². The van der Waals surface area contributed by atoms with Crippen molar-refractivity contribution in [3.8, 4) is 0 Å². The first-order valence-electron chi connectivity index (χ1n) is 6.14. The molecule has 1 heterocycles. The second-order valence-electron chi connectivity index (χ2n) is 4.32. The van der Waals surface area contributed by atoms with Crippen molar-refractivity contribution < 1.29 is 19.4 Å². The van der Waals surface area contributed by atoms with Crippen molar-refractivity contribution in [3.05, 3.63) is 22.3 Å². The zero-order chi connectivity index (χ0) is 15.1. The first kappa shape index (κ1) is 16.9. The Hall–Kier alpha value is -1.18. The molecule has 0 radical (unpaired) electrons. The molecule has 1 rings (SSSR count). The van der Waals surface area contributed by atoms with E-state index >= 15 is 0 Å². The molecule has 0 spiro atoms. The number of aromatic nitrogens is 1. The predicted molar refractivity (Wildman–Crippen MR) is 79.5 cm³/mol. The molecule has 0 bridgehead atoms. The third-order valence-corrected chi connectivity index (χ3v) is 3.25. The van der Waals surface area contributed by atoms with E-state index in [9.17, 15) is 9.90 Å². The van der Waals surface area contributed by atoms with Crippen LogP contribution in [0.4, 0.5) is 5.82 Å². The quantitative estimate of drug-likeness (QED) is 0.776. The average Bonchev–Trinajstić information content (AvgIpc) is 2.40. The van der Waals surface area contributed by atoms with Gasteiger partial charge in [-0.05, 0) is 28.9 Å². The summed E-state index contributed by atoms with van der Waals surface area (Å²) in [6.07, 6.45) is 1.58. The lowest BCUT2D eigenvalue weighted by atomic mass is 10.2. The van der Waals surface area contributed by atoms with Crippen LogP contribution in [0.1, 0.15) is 17.3 Å². The van der Waals surface area contributed by atoms with Crippen LogP contribution in [0.5, 0.6) is 0 Å². The van der Waals surface area contributed by atoms with Gasteiger partial charge in [0.15, 0.2) is 0 Å². The molecule has 7 heteroatoms.